The van der Waals surface area contributed by atoms with Crippen LogP contribution in [-0.2, 0) is 0 Å². The molecule has 8 heteroatoms. The fourth-order valence-corrected chi connectivity index (χ4v) is 2.73. The number of benzene rings is 2. The van der Waals surface area contributed by atoms with Gasteiger partial charge >= 0.3 is 0 Å². The van der Waals surface area contributed by atoms with Crippen LogP contribution < -0.4 is 4.74 Å². The molecular weight excluding hydrogens is 373 g/mol. The second-order valence-corrected chi connectivity index (χ2v) is 6.02. The number of nitrogens with zero attached hydrogens (tertiary/aromatic N) is 3. The van der Waals surface area contributed by atoms with Crippen molar-refractivity contribution in [2.24, 2.45) is 0 Å². The van der Waals surface area contributed by atoms with Crippen LogP contribution in [0.1, 0.15) is 16.6 Å². The normalized spacial score (nSPS) is 12.0. The molecule has 3 aromatic rings. The molecule has 0 saturated carbocycles. The molecular formula is C16H10Cl3N3O2. The van der Waals surface area contributed by atoms with E-state index in [-0.39, 0.29) is 10.6 Å². The molecule has 0 aliphatic heterocycles. The molecule has 0 N–H and O–H groups in total. The van der Waals surface area contributed by atoms with Crippen molar-refractivity contribution in [1.29, 1.82) is 0 Å². The highest BCUT2D eigenvalue weighted by Crippen LogP contribution is 2.30. The molecule has 0 aliphatic rings. The molecule has 24 heavy (non-hydrogen) atoms. The van der Waals surface area contributed by atoms with Gasteiger partial charge in [0.05, 0.1) is 10.0 Å². The SMILES string of the molecule is O=C(c1ccc(Cl)cc1Cl)C(Oc1ccccc1Cl)n1cncn1. The molecule has 0 spiro atoms. The van der Waals surface area contributed by atoms with Crippen LogP contribution in [0.4, 0.5) is 0 Å². The largest absolute Gasteiger partial charge is 0.459 e. The van der Waals surface area contributed by atoms with Crippen molar-refractivity contribution in [2.45, 2.75) is 6.23 Å². The molecule has 1 aromatic heterocycles. The maximum absolute atomic E-state index is 12.9. The lowest BCUT2D eigenvalue weighted by Crippen LogP contribution is -2.26. The number of hydrogen-bond donors (Lipinski definition) is 0. The van der Waals surface area contributed by atoms with E-state index < -0.39 is 12.0 Å². The Labute approximate surface area is 152 Å². The summed E-state index contributed by atoms with van der Waals surface area (Å²) in [6, 6.07) is 11.4. The summed E-state index contributed by atoms with van der Waals surface area (Å²) in [5.74, 6) is -0.0554. The topological polar surface area (TPSA) is 57.0 Å². The Morgan fingerprint density at radius 1 is 1.08 bits per heavy atom. The number of para-hydroxylation sites is 1. The molecule has 0 radical (unpaired) electrons. The number of carbonyl (C=O) groups excluding carboxylic acids is 1. The third-order valence-corrected chi connectivity index (χ3v) is 4.03. The van der Waals surface area contributed by atoms with E-state index >= 15 is 0 Å². The fourth-order valence-electron chi connectivity index (χ4n) is 2.05. The summed E-state index contributed by atoms with van der Waals surface area (Å²) < 4.78 is 7.07. The van der Waals surface area contributed by atoms with E-state index in [1.54, 1.807) is 30.3 Å². The summed E-state index contributed by atoms with van der Waals surface area (Å²) in [4.78, 5) is 16.8. The lowest BCUT2D eigenvalue weighted by molar-refractivity contribution is 0.0620. The molecule has 0 amide bonds. The monoisotopic (exact) mass is 381 g/mol. The van der Waals surface area contributed by atoms with E-state index in [0.717, 1.165) is 0 Å². The van der Waals surface area contributed by atoms with Crippen molar-refractivity contribution in [3.63, 3.8) is 0 Å². The van der Waals surface area contributed by atoms with Gasteiger partial charge in [0.2, 0.25) is 5.78 Å². The molecule has 3 rings (SSSR count). The van der Waals surface area contributed by atoms with Crippen LogP contribution in [0.25, 0.3) is 0 Å². The van der Waals surface area contributed by atoms with Crippen LogP contribution in [-0.4, -0.2) is 20.5 Å². The van der Waals surface area contributed by atoms with Crippen LogP contribution in [0.3, 0.4) is 0 Å². The van der Waals surface area contributed by atoms with Crippen LogP contribution in [0, 0.1) is 0 Å². The summed E-state index contributed by atoms with van der Waals surface area (Å²) in [5.41, 5.74) is 0.258. The van der Waals surface area contributed by atoms with E-state index in [1.165, 1.54) is 29.5 Å². The van der Waals surface area contributed by atoms with Gasteiger partial charge in [-0.3, -0.25) is 4.79 Å². The highest BCUT2D eigenvalue weighted by atomic mass is 35.5. The Balaban J connectivity index is 1.99. The molecule has 2 aromatic carbocycles. The van der Waals surface area contributed by atoms with Gasteiger partial charge in [0.15, 0.2) is 0 Å². The van der Waals surface area contributed by atoms with E-state index in [0.29, 0.717) is 15.8 Å². The predicted molar refractivity (Wildman–Crippen MR) is 91.9 cm³/mol. The summed E-state index contributed by atoms with van der Waals surface area (Å²) in [5, 5.41) is 5.01. The van der Waals surface area contributed by atoms with Gasteiger partial charge in [-0.25, -0.2) is 9.67 Å². The fraction of sp³-hybridized carbons (Fsp3) is 0.0625. The van der Waals surface area contributed by atoms with Crippen LogP contribution in [0.2, 0.25) is 15.1 Å². The minimum absolute atomic E-state index is 0.223. The van der Waals surface area contributed by atoms with Gasteiger partial charge in [-0.1, -0.05) is 46.9 Å². The van der Waals surface area contributed by atoms with Gasteiger partial charge < -0.3 is 4.74 Å². The lowest BCUT2D eigenvalue weighted by atomic mass is 10.1. The average molecular weight is 383 g/mol. The number of ether oxygens (including phenoxy) is 1. The minimum Gasteiger partial charge on any atom is -0.459 e. The minimum atomic E-state index is -1.11. The van der Waals surface area contributed by atoms with Gasteiger partial charge in [-0.05, 0) is 30.3 Å². The molecule has 1 unspecified atom stereocenters. The van der Waals surface area contributed by atoms with E-state index in [9.17, 15) is 4.79 Å². The van der Waals surface area contributed by atoms with Gasteiger partial charge in [-0.2, -0.15) is 5.10 Å². The van der Waals surface area contributed by atoms with Crippen molar-refractivity contribution in [3.8, 4) is 5.75 Å². The van der Waals surface area contributed by atoms with E-state index in [4.69, 9.17) is 39.5 Å². The maximum atomic E-state index is 12.9. The third-order valence-electron chi connectivity index (χ3n) is 3.17. The second-order valence-electron chi connectivity index (χ2n) is 4.76. The molecule has 5 nitrogen and oxygen atoms in total. The van der Waals surface area contributed by atoms with E-state index in [1.807, 2.05) is 0 Å². The van der Waals surface area contributed by atoms with Crippen LogP contribution in [0.5, 0.6) is 5.75 Å². The first-order chi connectivity index (χ1) is 11.6. The smallest absolute Gasteiger partial charge is 0.256 e. The summed E-state index contributed by atoms with van der Waals surface area (Å²) in [7, 11) is 0. The van der Waals surface area contributed by atoms with Gasteiger partial charge in [0.1, 0.15) is 18.4 Å². The predicted octanol–water partition coefficient (Wildman–Crippen LogP) is 4.70. The number of ketones is 1. The number of Topliss-reactive ketones (excluding diaryl/α,β-unsaturated/α-hetero) is 1. The number of rotatable bonds is 5. The van der Waals surface area contributed by atoms with Crippen molar-refractivity contribution in [3.05, 3.63) is 75.8 Å². The number of carbonyl (C=O) groups is 1. The number of halogens is 3. The van der Waals surface area contributed by atoms with Crippen molar-refractivity contribution in [1.82, 2.24) is 14.8 Å². The van der Waals surface area contributed by atoms with Crippen molar-refractivity contribution in [2.75, 3.05) is 0 Å². The molecule has 122 valence electrons. The first-order valence-corrected chi connectivity index (χ1v) is 7.94. The van der Waals surface area contributed by atoms with Crippen molar-refractivity contribution >= 4 is 40.6 Å². The average Bonchev–Trinajstić information content (AvgIpc) is 3.08. The first-order valence-electron chi connectivity index (χ1n) is 6.81. The van der Waals surface area contributed by atoms with Crippen LogP contribution in [0.15, 0.2) is 55.1 Å². The van der Waals surface area contributed by atoms with Gasteiger partial charge in [0.25, 0.3) is 6.23 Å². The quantitative estimate of drug-likeness (QED) is 0.600. The molecule has 0 fully saturated rings. The van der Waals surface area contributed by atoms with Crippen LogP contribution >= 0.6 is 34.8 Å². The third kappa shape index (κ3) is 3.53. The molecule has 1 atom stereocenters. The number of hydrogen-bond acceptors (Lipinski definition) is 4. The molecule has 1 heterocycles. The van der Waals surface area contributed by atoms with Gasteiger partial charge in [0, 0.05) is 10.6 Å². The zero-order valence-electron chi connectivity index (χ0n) is 12.1. The highest BCUT2D eigenvalue weighted by Gasteiger charge is 2.27. The Kier molecular flexibility index (Phi) is 5.04. The zero-order valence-corrected chi connectivity index (χ0v) is 14.3. The second kappa shape index (κ2) is 7.21. The Morgan fingerprint density at radius 2 is 1.88 bits per heavy atom. The van der Waals surface area contributed by atoms with Crippen molar-refractivity contribution < 1.29 is 9.53 Å². The molecule has 0 bridgehead atoms. The Morgan fingerprint density at radius 3 is 2.54 bits per heavy atom. The van der Waals surface area contributed by atoms with E-state index in [2.05, 4.69) is 10.1 Å². The molecule has 0 saturated heterocycles. The Hall–Kier alpha value is -2.08. The maximum Gasteiger partial charge on any atom is 0.256 e. The van der Waals surface area contributed by atoms with Gasteiger partial charge in [-0.15, -0.1) is 0 Å². The zero-order chi connectivity index (χ0) is 17.1. The lowest BCUT2D eigenvalue weighted by Gasteiger charge is -2.19. The Bertz CT molecular complexity index is 869. The first kappa shape index (κ1) is 16.8. The molecule has 0 aliphatic carbocycles. The standard InChI is InChI=1S/C16H10Cl3N3O2/c17-10-5-6-11(13(19)7-10)15(23)16(22-9-20-8-21-22)24-14-4-2-1-3-12(14)18/h1-9,16H. The number of aromatic nitrogens is 3. The highest BCUT2D eigenvalue weighted by molar-refractivity contribution is 6.37. The summed E-state index contributed by atoms with van der Waals surface area (Å²) in [6.45, 7) is 0. The summed E-state index contributed by atoms with van der Waals surface area (Å²) in [6.07, 6.45) is 1.58. The summed E-state index contributed by atoms with van der Waals surface area (Å²) >= 11 is 18.1.